The van der Waals surface area contributed by atoms with Crippen LogP contribution in [0.4, 0.5) is 5.69 Å². The number of aliphatic hydroxyl groups excluding tert-OH is 1. The van der Waals surface area contributed by atoms with Crippen molar-refractivity contribution in [3.05, 3.63) is 60.2 Å². The van der Waals surface area contributed by atoms with Crippen molar-refractivity contribution in [1.82, 2.24) is 10.2 Å². The molecule has 2 aromatic carbocycles. The molecule has 3 aliphatic rings. The fraction of sp³-hybridized carbons (Fsp3) is 0.516. The van der Waals surface area contributed by atoms with Gasteiger partial charge in [0, 0.05) is 30.1 Å². The van der Waals surface area contributed by atoms with Crippen LogP contribution in [-0.2, 0) is 20.9 Å². The zero-order chi connectivity index (χ0) is 28.3. The number of ether oxygens (including phenoxy) is 1. The predicted octanol–water partition coefficient (Wildman–Crippen LogP) is 3.98. The number of hydrogen-bond acceptors (Lipinski definition) is 6. The Labute approximate surface area is 240 Å². The van der Waals surface area contributed by atoms with Crippen LogP contribution in [0.1, 0.15) is 51.5 Å². The molecule has 8 nitrogen and oxygen atoms in total. The van der Waals surface area contributed by atoms with E-state index in [1.165, 1.54) is 0 Å². The molecule has 3 aliphatic heterocycles. The van der Waals surface area contributed by atoms with Gasteiger partial charge in [-0.2, -0.15) is 0 Å². The third-order valence-corrected chi connectivity index (χ3v) is 10.6. The smallest absolute Gasteiger partial charge is 0.244 e. The molecule has 0 aromatic heterocycles. The molecule has 214 valence electrons. The maximum absolute atomic E-state index is 14.1. The number of likely N-dealkylation sites (tertiary alicyclic amines) is 1. The molecule has 3 fully saturated rings. The zero-order valence-corrected chi connectivity index (χ0v) is 24.0. The number of fused-ring (bicyclic) bond motifs is 1. The van der Waals surface area contributed by atoms with Crippen molar-refractivity contribution in [3.8, 4) is 5.75 Å². The van der Waals surface area contributed by atoms with E-state index in [-0.39, 0.29) is 24.3 Å². The molecule has 9 heteroatoms. The number of nitrogens with zero attached hydrogens (tertiary/aromatic N) is 1. The van der Waals surface area contributed by atoms with Gasteiger partial charge in [0.2, 0.25) is 17.7 Å². The average molecular weight is 566 g/mol. The van der Waals surface area contributed by atoms with Crippen LogP contribution in [0.15, 0.2) is 54.6 Å². The highest BCUT2D eigenvalue weighted by molar-refractivity contribution is 8.02. The summed E-state index contributed by atoms with van der Waals surface area (Å²) in [4.78, 5) is 43.6. The second kappa shape index (κ2) is 11.8. The summed E-state index contributed by atoms with van der Waals surface area (Å²) in [6, 6.07) is 16.4. The summed E-state index contributed by atoms with van der Waals surface area (Å²) in [7, 11) is 0. The monoisotopic (exact) mass is 565 g/mol. The maximum Gasteiger partial charge on any atom is 0.244 e. The van der Waals surface area contributed by atoms with Gasteiger partial charge in [-0.15, -0.1) is 11.8 Å². The fourth-order valence-corrected chi connectivity index (χ4v) is 9.20. The lowest BCUT2D eigenvalue weighted by atomic mass is 9.66. The van der Waals surface area contributed by atoms with Crippen molar-refractivity contribution >= 4 is 35.2 Å². The number of carbonyl (C=O) groups is 3. The Bertz CT molecular complexity index is 1230. The van der Waals surface area contributed by atoms with E-state index in [1.807, 2.05) is 61.5 Å². The van der Waals surface area contributed by atoms with Crippen molar-refractivity contribution in [2.75, 3.05) is 25.1 Å². The van der Waals surface area contributed by atoms with Crippen molar-refractivity contribution < 1.29 is 24.2 Å². The first kappa shape index (κ1) is 28.5. The van der Waals surface area contributed by atoms with Crippen LogP contribution in [0.5, 0.6) is 5.75 Å². The van der Waals surface area contributed by atoms with E-state index in [0.29, 0.717) is 44.6 Å². The van der Waals surface area contributed by atoms with E-state index < -0.39 is 27.4 Å². The van der Waals surface area contributed by atoms with E-state index in [9.17, 15) is 19.5 Å². The van der Waals surface area contributed by atoms with Crippen LogP contribution in [0.3, 0.4) is 0 Å². The number of nitrogens with one attached hydrogen (secondary N) is 2. The second-order valence-corrected chi connectivity index (χ2v) is 13.1. The minimum Gasteiger partial charge on any atom is -0.494 e. The minimum absolute atomic E-state index is 0.101. The molecule has 2 unspecified atom stereocenters. The van der Waals surface area contributed by atoms with Crippen LogP contribution < -0.4 is 15.4 Å². The summed E-state index contributed by atoms with van der Waals surface area (Å²) in [5.74, 6) is -0.821. The molecule has 3 saturated heterocycles. The van der Waals surface area contributed by atoms with Gasteiger partial charge < -0.3 is 25.4 Å². The number of benzene rings is 2. The number of anilines is 1. The first-order chi connectivity index (χ1) is 19.3. The zero-order valence-electron chi connectivity index (χ0n) is 23.2. The Morgan fingerprint density at radius 1 is 1.05 bits per heavy atom. The molecule has 3 amide bonds. The topological polar surface area (TPSA) is 108 Å². The summed E-state index contributed by atoms with van der Waals surface area (Å²) in [5, 5.41) is 15.4. The molecule has 3 N–H and O–H groups in total. The highest BCUT2D eigenvalue weighted by Gasteiger charge is 2.77. The number of aliphatic hydroxyl groups is 1. The van der Waals surface area contributed by atoms with Gasteiger partial charge in [0.05, 0.1) is 23.2 Å². The maximum atomic E-state index is 14.1. The van der Waals surface area contributed by atoms with Crippen molar-refractivity contribution in [2.45, 2.75) is 68.0 Å². The summed E-state index contributed by atoms with van der Waals surface area (Å²) in [5.41, 5.74) is 1.65. The van der Waals surface area contributed by atoms with E-state index in [1.54, 1.807) is 16.7 Å². The van der Waals surface area contributed by atoms with Crippen LogP contribution in [0.2, 0.25) is 0 Å². The summed E-state index contributed by atoms with van der Waals surface area (Å²) < 4.78 is 4.43. The lowest BCUT2D eigenvalue weighted by molar-refractivity contribution is -0.139. The number of rotatable bonds is 12. The van der Waals surface area contributed by atoms with Crippen LogP contribution in [0, 0.1) is 11.8 Å². The third-order valence-electron chi connectivity index (χ3n) is 8.61. The number of carbonyl (C=O) groups excluding carboxylic acids is 3. The Kier molecular flexibility index (Phi) is 8.42. The van der Waals surface area contributed by atoms with E-state index in [2.05, 4.69) is 17.6 Å². The molecule has 0 saturated carbocycles. The fourth-order valence-electron chi connectivity index (χ4n) is 6.84. The quantitative estimate of drug-likeness (QED) is 0.336. The summed E-state index contributed by atoms with van der Waals surface area (Å²) in [6.45, 7) is 5.47. The van der Waals surface area contributed by atoms with Gasteiger partial charge >= 0.3 is 0 Å². The number of thioether (sulfide) groups is 1. The van der Waals surface area contributed by atoms with Crippen molar-refractivity contribution in [1.29, 1.82) is 0 Å². The number of unbranched alkanes of at least 4 members (excludes halogenated alkanes) is 2. The van der Waals surface area contributed by atoms with Gasteiger partial charge in [0.15, 0.2) is 0 Å². The SMILES string of the molecule is CCOc1ccc(NC(=O)[C@@H]2[C@H]3C(=O)N(CCCCCO)C(C(=O)NCc4ccccc4)C34CC[C@@]2(C)S4)cc1. The number of amides is 3. The lowest BCUT2D eigenvalue weighted by Gasteiger charge is -2.35. The van der Waals surface area contributed by atoms with Crippen LogP contribution in [0.25, 0.3) is 0 Å². The molecule has 3 heterocycles. The highest BCUT2D eigenvalue weighted by Crippen LogP contribution is 2.71. The lowest BCUT2D eigenvalue weighted by Crippen LogP contribution is -2.53. The minimum atomic E-state index is -0.648. The van der Waals surface area contributed by atoms with Gasteiger partial charge in [-0.25, -0.2) is 0 Å². The third kappa shape index (κ3) is 5.21. The molecular weight excluding hydrogens is 526 g/mol. The first-order valence-electron chi connectivity index (χ1n) is 14.3. The first-order valence-corrected chi connectivity index (χ1v) is 15.1. The van der Waals surface area contributed by atoms with Crippen LogP contribution >= 0.6 is 11.8 Å². The van der Waals surface area contributed by atoms with Gasteiger partial charge in [0.1, 0.15) is 11.8 Å². The van der Waals surface area contributed by atoms with Gasteiger partial charge in [-0.1, -0.05) is 30.3 Å². The van der Waals surface area contributed by atoms with Gasteiger partial charge in [-0.05, 0) is 75.8 Å². The standard InChI is InChI=1S/C31H39N3O5S/c1-3-39-23-14-12-22(13-15-23)33-27(36)24-25-29(38)34(18-8-5-9-19-35)26(31(25)17-16-30(24,2)40-31)28(37)32-20-21-10-6-4-7-11-21/h4,6-7,10-15,24-26,35H,3,5,8-9,16-20H2,1-2H3,(H,32,37)(H,33,36)/t24-,25-,26?,30+,31?/m0/s1. The molecule has 5 rings (SSSR count). The Morgan fingerprint density at radius 2 is 1.80 bits per heavy atom. The van der Waals surface area contributed by atoms with E-state index in [4.69, 9.17) is 4.74 Å². The number of hydrogen-bond donors (Lipinski definition) is 3. The van der Waals surface area contributed by atoms with Crippen molar-refractivity contribution in [2.24, 2.45) is 11.8 Å². The predicted molar refractivity (Wildman–Crippen MR) is 156 cm³/mol. The molecular formula is C31H39N3O5S. The Hall–Kier alpha value is -3.04. The summed E-state index contributed by atoms with van der Waals surface area (Å²) in [6.07, 6.45) is 3.60. The van der Waals surface area contributed by atoms with Gasteiger partial charge in [-0.3, -0.25) is 14.4 Å². The highest BCUT2D eigenvalue weighted by atomic mass is 32.2. The molecule has 0 radical (unpaired) electrons. The Morgan fingerprint density at radius 3 is 2.50 bits per heavy atom. The largest absolute Gasteiger partial charge is 0.494 e. The molecule has 2 bridgehead atoms. The molecule has 5 atom stereocenters. The second-order valence-electron chi connectivity index (χ2n) is 11.2. The average Bonchev–Trinajstić information content (AvgIpc) is 3.52. The van der Waals surface area contributed by atoms with E-state index >= 15 is 0 Å². The molecule has 0 aliphatic carbocycles. The molecule has 40 heavy (non-hydrogen) atoms. The summed E-state index contributed by atoms with van der Waals surface area (Å²) >= 11 is 1.67. The molecule has 2 aromatic rings. The van der Waals surface area contributed by atoms with Crippen LogP contribution in [-0.4, -0.2) is 63.0 Å². The van der Waals surface area contributed by atoms with Crippen molar-refractivity contribution in [3.63, 3.8) is 0 Å². The van der Waals surface area contributed by atoms with E-state index in [0.717, 1.165) is 24.2 Å². The molecule has 1 spiro atoms. The Balaban J connectivity index is 1.40. The van der Waals surface area contributed by atoms with Gasteiger partial charge in [0.25, 0.3) is 0 Å². The normalized spacial score (nSPS) is 28.4.